The minimum atomic E-state index is 0.556. The summed E-state index contributed by atoms with van der Waals surface area (Å²) < 4.78 is 5.63. The Kier molecular flexibility index (Phi) is 5.26. The smallest absolute Gasteiger partial charge is 0.0604 e. The second kappa shape index (κ2) is 6.72. The topological polar surface area (TPSA) is 24.5 Å². The molecule has 2 aliphatic rings. The molecular formula is C14H28N2O. The summed E-state index contributed by atoms with van der Waals surface area (Å²) in [6, 6.07) is 1.59. The zero-order chi connectivity index (χ0) is 12.1. The highest BCUT2D eigenvalue weighted by Gasteiger charge is 2.35. The molecule has 1 heterocycles. The normalized spacial score (nSPS) is 31.4. The predicted molar refractivity (Wildman–Crippen MR) is 71.3 cm³/mol. The molecule has 0 amide bonds. The molecule has 1 aliphatic heterocycles. The van der Waals surface area contributed by atoms with Crippen molar-refractivity contribution in [1.82, 2.24) is 10.2 Å². The lowest BCUT2D eigenvalue weighted by Crippen LogP contribution is -2.53. The minimum absolute atomic E-state index is 0.556. The summed E-state index contributed by atoms with van der Waals surface area (Å²) in [6.07, 6.45) is 6.99. The summed E-state index contributed by atoms with van der Waals surface area (Å²) >= 11 is 0. The van der Waals surface area contributed by atoms with Gasteiger partial charge >= 0.3 is 0 Å². The molecule has 0 aromatic heterocycles. The number of rotatable bonds is 6. The summed E-state index contributed by atoms with van der Waals surface area (Å²) in [5.41, 5.74) is 0. The van der Waals surface area contributed by atoms with Crippen LogP contribution in [0, 0.1) is 0 Å². The van der Waals surface area contributed by atoms with Crippen LogP contribution in [-0.4, -0.2) is 49.3 Å². The molecule has 1 N–H and O–H groups in total. The Morgan fingerprint density at radius 2 is 1.88 bits per heavy atom. The predicted octanol–water partition coefficient (Wildman–Crippen LogP) is 2.02. The van der Waals surface area contributed by atoms with E-state index in [2.05, 4.69) is 24.1 Å². The van der Waals surface area contributed by atoms with Gasteiger partial charge in [0.2, 0.25) is 0 Å². The lowest BCUT2D eigenvalue weighted by molar-refractivity contribution is -0.0519. The van der Waals surface area contributed by atoms with Crippen LogP contribution in [0.3, 0.4) is 0 Å². The Morgan fingerprint density at radius 1 is 1.18 bits per heavy atom. The van der Waals surface area contributed by atoms with E-state index in [-0.39, 0.29) is 0 Å². The average Bonchev–Trinajstić information content (AvgIpc) is 2.32. The van der Waals surface area contributed by atoms with E-state index in [0.717, 1.165) is 18.7 Å². The van der Waals surface area contributed by atoms with Crippen molar-refractivity contribution >= 4 is 0 Å². The van der Waals surface area contributed by atoms with E-state index in [9.17, 15) is 0 Å². The minimum Gasteiger partial charge on any atom is -0.378 e. The molecule has 2 rings (SSSR count). The van der Waals surface area contributed by atoms with Gasteiger partial charge in [-0.1, -0.05) is 6.92 Å². The van der Waals surface area contributed by atoms with Gasteiger partial charge in [0, 0.05) is 18.7 Å². The largest absolute Gasteiger partial charge is 0.378 e. The van der Waals surface area contributed by atoms with Gasteiger partial charge in [-0.2, -0.15) is 0 Å². The molecule has 0 bridgehead atoms. The molecule has 0 unspecified atom stereocenters. The molecule has 0 spiro atoms. The second-order valence-electron chi connectivity index (χ2n) is 5.47. The van der Waals surface area contributed by atoms with Crippen LogP contribution in [0.2, 0.25) is 0 Å². The van der Waals surface area contributed by atoms with E-state index in [1.165, 1.54) is 51.7 Å². The summed E-state index contributed by atoms with van der Waals surface area (Å²) in [4.78, 5) is 2.68. The van der Waals surface area contributed by atoms with Gasteiger partial charge in [0.15, 0.2) is 0 Å². The Balaban J connectivity index is 1.60. The van der Waals surface area contributed by atoms with Crippen molar-refractivity contribution in [3.63, 3.8) is 0 Å². The van der Waals surface area contributed by atoms with Crippen molar-refractivity contribution in [2.24, 2.45) is 0 Å². The molecule has 3 heteroatoms. The first-order chi connectivity index (χ1) is 8.33. The molecule has 1 saturated heterocycles. The van der Waals surface area contributed by atoms with Crippen LogP contribution >= 0.6 is 0 Å². The lowest BCUT2D eigenvalue weighted by Gasteiger charge is -2.45. The van der Waals surface area contributed by atoms with E-state index in [1.807, 2.05) is 0 Å². The van der Waals surface area contributed by atoms with Crippen LogP contribution < -0.4 is 5.32 Å². The van der Waals surface area contributed by atoms with Crippen LogP contribution in [-0.2, 0) is 4.74 Å². The molecule has 2 fully saturated rings. The number of likely N-dealkylation sites (tertiary alicyclic amines) is 1. The maximum absolute atomic E-state index is 5.63. The zero-order valence-corrected chi connectivity index (χ0v) is 11.5. The van der Waals surface area contributed by atoms with Crippen molar-refractivity contribution in [3.05, 3.63) is 0 Å². The Morgan fingerprint density at radius 3 is 2.47 bits per heavy atom. The number of hydrogen-bond acceptors (Lipinski definition) is 3. The van der Waals surface area contributed by atoms with Crippen LogP contribution in [0.25, 0.3) is 0 Å². The van der Waals surface area contributed by atoms with Crippen molar-refractivity contribution < 1.29 is 4.74 Å². The zero-order valence-electron chi connectivity index (χ0n) is 11.5. The van der Waals surface area contributed by atoms with E-state index in [1.54, 1.807) is 0 Å². The maximum atomic E-state index is 5.63. The fourth-order valence-corrected chi connectivity index (χ4v) is 3.03. The molecule has 3 nitrogen and oxygen atoms in total. The second-order valence-corrected chi connectivity index (χ2v) is 5.47. The summed E-state index contributed by atoms with van der Waals surface area (Å²) in [6.45, 7) is 8.96. The fraction of sp³-hybridized carbons (Fsp3) is 1.00. The first-order valence-corrected chi connectivity index (χ1v) is 7.42. The van der Waals surface area contributed by atoms with Crippen molar-refractivity contribution in [3.8, 4) is 0 Å². The summed E-state index contributed by atoms with van der Waals surface area (Å²) in [7, 11) is 0. The lowest BCUT2D eigenvalue weighted by atomic mass is 9.86. The Labute approximate surface area is 106 Å². The van der Waals surface area contributed by atoms with Gasteiger partial charge in [-0.05, 0) is 58.7 Å². The van der Waals surface area contributed by atoms with Crippen molar-refractivity contribution in [1.29, 1.82) is 0 Å². The Hall–Kier alpha value is -0.120. The molecular weight excluding hydrogens is 212 g/mol. The van der Waals surface area contributed by atoms with E-state index >= 15 is 0 Å². The van der Waals surface area contributed by atoms with Crippen LogP contribution in [0.5, 0.6) is 0 Å². The highest BCUT2D eigenvalue weighted by molar-refractivity contribution is 4.91. The Bertz CT molecular complexity index is 208. The van der Waals surface area contributed by atoms with Gasteiger partial charge in [-0.25, -0.2) is 0 Å². The van der Waals surface area contributed by atoms with Crippen LogP contribution in [0.4, 0.5) is 0 Å². The average molecular weight is 240 g/mol. The number of piperidine rings is 1. The highest BCUT2D eigenvalue weighted by Crippen LogP contribution is 2.30. The van der Waals surface area contributed by atoms with Gasteiger partial charge in [-0.3, -0.25) is 0 Å². The molecule has 1 saturated carbocycles. The van der Waals surface area contributed by atoms with Gasteiger partial charge in [-0.15, -0.1) is 0 Å². The third kappa shape index (κ3) is 3.67. The number of nitrogens with one attached hydrogen (secondary N) is 1. The van der Waals surface area contributed by atoms with Gasteiger partial charge in [0.1, 0.15) is 0 Å². The van der Waals surface area contributed by atoms with Crippen LogP contribution in [0.15, 0.2) is 0 Å². The number of nitrogens with zero attached hydrogens (tertiary/aromatic N) is 1. The summed E-state index contributed by atoms with van der Waals surface area (Å²) in [5, 5.41) is 3.64. The first kappa shape index (κ1) is 13.3. The van der Waals surface area contributed by atoms with Crippen molar-refractivity contribution in [2.45, 2.75) is 64.1 Å². The highest BCUT2D eigenvalue weighted by atomic mass is 16.5. The summed E-state index contributed by atoms with van der Waals surface area (Å²) in [5.74, 6) is 0. The molecule has 1 aliphatic carbocycles. The quantitative estimate of drug-likeness (QED) is 0.769. The SMILES string of the molecule is CCCNC1CCN(C2CC(OCC)C2)CC1. The third-order valence-corrected chi connectivity index (χ3v) is 4.20. The van der Waals surface area contributed by atoms with Crippen molar-refractivity contribution in [2.75, 3.05) is 26.2 Å². The van der Waals surface area contributed by atoms with E-state index < -0.39 is 0 Å². The number of hydrogen-bond donors (Lipinski definition) is 1. The molecule has 100 valence electrons. The van der Waals surface area contributed by atoms with E-state index in [0.29, 0.717) is 6.10 Å². The van der Waals surface area contributed by atoms with Crippen LogP contribution in [0.1, 0.15) is 46.0 Å². The fourth-order valence-electron chi connectivity index (χ4n) is 3.03. The molecule has 17 heavy (non-hydrogen) atoms. The standard InChI is InChI=1S/C14H28N2O/c1-3-7-15-12-5-8-16(9-6-12)13-10-14(11-13)17-4-2/h12-15H,3-11H2,1-2H3. The molecule has 0 aromatic carbocycles. The molecule has 0 radical (unpaired) electrons. The first-order valence-electron chi connectivity index (χ1n) is 7.42. The van der Waals surface area contributed by atoms with Gasteiger partial charge in [0.05, 0.1) is 6.10 Å². The van der Waals surface area contributed by atoms with Gasteiger partial charge < -0.3 is 15.0 Å². The van der Waals surface area contributed by atoms with E-state index in [4.69, 9.17) is 4.74 Å². The maximum Gasteiger partial charge on any atom is 0.0604 e. The monoisotopic (exact) mass is 240 g/mol. The number of ether oxygens (including phenoxy) is 1. The molecule has 0 atom stereocenters. The third-order valence-electron chi connectivity index (χ3n) is 4.20. The molecule has 0 aromatic rings. The van der Waals surface area contributed by atoms with Gasteiger partial charge in [0.25, 0.3) is 0 Å².